The van der Waals surface area contributed by atoms with Crippen LogP contribution in [0.15, 0.2) is 24.3 Å². The standard InChI is InChI=1S/C14H21NO/c1-3-12-6-8-13(9-7-12)14(16)11(2)5-4-10-15/h6-9,11H,3-5,10,15H2,1-2H3. The van der Waals surface area contributed by atoms with Crippen molar-refractivity contribution in [3.63, 3.8) is 0 Å². The molecule has 2 nitrogen and oxygen atoms in total. The maximum absolute atomic E-state index is 12.0. The van der Waals surface area contributed by atoms with Gasteiger partial charge in [0.05, 0.1) is 0 Å². The van der Waals surface area contributed by atoms with Gasteiger partial charge in [0.25, 0.3) is 0 Å². The highest BCUT2D eigenvalue weighted by Crippen LogP contribution is 2.14. The molecule has 1 atom stereocenters. The van der Waals surface area contributed by atoms with Crippen molar-refractivity contribution in [3.05, 3.63) is 35.4 Å². The minimum Gasteiger partial charge on any atom is -0.330 e. The third kappa shape index (κ3) is 3.46. The maximum atomic E-state index is 12.0. The first-order valence-electron chi connectivity index (χ1n) is 6.02. The molecule has 2 N–H and O–H groups in total. The molecule has 0 fully saturated rings. The number of hydrogen-bond acceptors (Lipinski definition) is 2. The van der Waals surface area contributed by atoms with E-state index in [1.54, 1.807) is 0 Å². The van der Waals surface area contributed by atoms with Crippen molar-refractivity contribution in [2.45, 2.75) is 33.1 Å². The monoisotopic (exact) mass is 219 g/mol. The Morgan fingerprint density at radius 2 is 1.94 bits per heavy atom. The van der Waals surface area contributed by atoms with Crippen molar-refractivity contribution in [3.8, 4) is 0 Å². The molecule has 2 heteroatoms. The number of Topliss-reactive ketones (excluding diaryl/α,β-unsaturated/α-hetero) is 1. The lowest BCUT2D eigenvalue weighted by atomic mass is 9.94. The highest BCUT2D eigenvalue weighted by atomic mass is 16.1. The minimum absolute atomic E-state index is 0.0797. The van der Waals surface area contributed by atoms with Gasteiger partial charge in [-0.2, -0.15) is 0 Å². The highest BCUT2D eigenvalue weighted by Gasteiger charge is 2.14. The second kappa shape index (κ2) is 6.44. The number of rotatable bonds is 6. The third-order valence-electron chi connectivity index (χ3n) is 2.94. The van der Waals surface area contributed by atoms with E-state index in [1.165, 1.54) is 5.56 Å². The fourth-order valence-corrected chi connectivity index (χ4v) is 1.74. The molecule has 88 valence electrons. The molecule has 1 unspecified atom stereocenters. The molecule has 1 aromatic rings. The molecule has 0 saturated carbocycles. The number of aryl methyl sites for hydroxylation is 1. The average molecular weight is 219 g/mol. The summed E-state index contributed by atoms with van der Waals surface area (Å²) in [6, 6.07) is 7.92. The summed E-state index contributed by atoms with van der Waals surface area (Å²) < 4.78 is 0. The molecular formula is C14H21NO. The maximum Gasteiger partial charge on any atom is 0.165 e. The lowest BCUT2D eigenvalue weighted by molar-refractivity contribution is 0.0923. The van der Waals surface area contributed by atoms with Crippen LogP contribution in [0.3, 0.4) is 0 Å². The summed E-state index contributed by atoms with van der Waals surface area (Å²) >= 11 is 0. The van der Waals surface area contributed by atoms with Crippen LogP contribution in [-0.4, -0.2) is 12.3 Å². The zero-order chi connectivity index (χ0) is 12.0. The van der Waals surface area contributed by atoms with Crippen molar-refractivity contribution in [2.75, 3.05) is 6.54 Å². The van der Waals surface area contributed by atoms with E-state index >= 15 is 0 Å². The van der Waals surface area contributed by atoms with E-state index < -0.39 is 0 Å². The van der Waals surface area contributed by atoms with Gasteiger partial charge in [0, 0.05) is 11.5 Å². The molecule has 16 heavy (non-hydrogen) atoms. The molecule has 1 aromatic carbocycles. The van der Waals surface area contributed by atoms with Gasteiger partial charge >= 0.3 is 0 Å². The van der Waals surface area contributed by atoms with Gasteiger partial charge in [0.15, 0.2) is 5.78 Å². The molecule has 0 aromatic heterocycles. The number of carbonyl (C=O) groups is 1. The first-order valence-corrected chi connectivity index (χ1v) is 6.02. The molecular weight excluding hydrogens is 198 g/mol. The molecule has 1 rings (SSSR count). The molecule has 0 heterocycles. The zero-order valence-corrected chi connectivity index (χ0v) is 10.2. The van der Waals surface area contributed by atoms with Gasteiger partial charge in [0.1, 0.15) is 0 Å². The number of carbonyl (C=O) groups excluding carboxylic acids is 1. The number of hydrogen-bond donors (Lipinski definition) is 1. The number of nitrogens with two attached hydrogens (primary N) is 1. The van der Waals surface area contributed by atoms with Crippen LogP contribution in [0.4, 0.5) is 0 Å². The molecule has 0 aliphatic heterocycles. The van der Waals surface area contributed by atoms with Gasteiger partial charge in [-0.1, -0.05) is 38.1 Å². The minimum atomic E-state index is 0.0797. The predicted molar refractivity (Wildman–Crippen MR) is 67.6 cm³/mol. The highest BCUT2D eigenvalue weighted by molar-refractivity contribution is 5.97. The van der Waals surface area contributed by atoms with Gasteiger partial charge in [-0.25, -0.2) is 0 Å². The van der Waals surface area contributed by atoms with E-state index in [4.69, 9.17) is 5.73 Å². The molecule has 0 saturated heterocycles. The predicted octanol–water partition coefficient (Wildman–Crippen LogP) is 2.81. The zero-order valence-electron chi connectivity index (χ0n) is 10.2. The summed E-state index contributed by atoms with van der Waals surface area (Å²) in [7, 11) is 0. The van der Waals surface area contributed by atoms with Crippen LogP contribution in [0.5, 0.6) is 0 Å². The average Bonchev–Trinajstić information content (AvgIpc) is 2.35. The lowest BCUT2D eigenvalue weighted by Crippen LogP contribution is -2.13. The molecule has 0 amide bonds. The van der Waals surface area contributed by atoms with Gasteiger partial charge in [-0.15, -0.1) is 0 Å². The number of benzene rings is 1. The van der Waals surface area contributed by atoms with Gasteiger partial charge in [-0.3, -0.25) is 4.79 Å². The largest absolute Gasteiger partial charge is 0.330 e. The third-order valence-corrected chi connectivity index (χ3v) is 2.94. The van der Waals surface area contributed by atoms with E-state index in [2.05, 4.69) is 6.92 Å². The van der Waals surface area contributed by atoms with E-state index in [1.807, 2.05) is 31.2 Å². The summed E-state index contributed by atoms with van der Waals surface area (Å²) in [5, 5.41) is 0. The second-order valence-electron chi connectivity index (χ2n) is 4.25. The molecule has 0 aliphatic carbocycles. The Hall–Kier alpha value is -1.15. The van der Waals surface area contributed by atoms with Gasteiger partial charge < -0.3 is 5.73 Å². The van der Waals surface area contributed by atoms with Gasteiger partial charge in [0.2, 0.25) is 0 Å². The summed E-state index contributed by atoms with van der Waals surface area (Å²) in [5.74, 6) is 0.312. The van der Waals surface area contributed by atoms with Crippen LogP contribution >= 0.6 is 0 Å². The van der Waals surface area contributed by atoms with E-state index in [-0.39, 0.29) is 11.7 Å². The van der Waals surface area contributed by atoms with Crippen molar-refractivity contribution in [1.29, 1.82) is 0 Å². The molecule has 0 aliphatic rings. The van der Waals surface area contributed by atoms with Crippen LogP contribution in [0.2, 0.25) is 0 Å². The normalized spacial score (nSPS) is 12.4. The quantitative estimate of drug-likeness (QED) is 0.748. The molecule has 0 spiro atoms. The van der Waals surface area contributed by atoms with Crippen molar-refractivity contribution in [2.24, 2.45) is 11.7 Å². The Morgan fingerprint density at radius 3 is 2.44 bits per heavy atom. The van der Waals surface area contributed by atoms with Crippen LogP contribution in [0, 0.1) is 5.92 Å². The summed E-state index contributed by atoms with van der Waals surface area (Å²) in [5.41, 5.74) is 7.53. The number of ketones is 1. The Balaban J connectivity index is 2.64. The Bertz CT molecular complexity index is 329. The Kier molecular flexibility index (Phi) is 5.20. The second-order valence-corrected chi connectivity index (χ2v) is 4.25. The molecule has 0 bridgehead atoms. The lowest BCUT2D eigenvalue weighted by Gasteiger charge is -2.09. The van der Waals surface area contributed by atoms with Gasteiger partial charge in [-0.05, 0) is 31.4 Å². The first kappa shape index (κ1) is 12.9. The van der Waals surface area contributed by atoms with E-state index in [0.29, 0.717) is 6.54 Å². The summed E-state index contributed by atoms with van der Waals surface area (Å²) in [4.78, 5) is 12.0. The SMILES string of the molecule is CCc1ccc(C(=O)C(C)CCCN)cc1. The van der Waals surface area contributed by atoms with E-state index in [9.17, 15) is 4.79 Å². The Labute approximate surface area is 97.9 Å². The van der Waals surface area contributed by atoms with Crippen molar-refractivity contribution < 1.29 is 4.79 Å². The summed E-state index contributed by atoms with van der Waals surface area (Å²) in [6.07, 6.45) is 2.81. The molecule has 0 radical (unpaired) electrons. The topological polar surface area (TPSA) is 43.1 Å². The van der Waals surface area contributed by atoms with Crippen LogP contribution in [0.25, 0.3) is 0 Å². The van der Waals surface area contributed by atoms with E-state index in [0.717, 1.165) is 24.8 Å². The van der Waals surface area contributed by atoms with Crippen LogP contribution in [-0.2, 0) is 6.42 Å². The first-order chi connectivity index (χ1) is 7.69. The van der Waals surface area contributed by atoms with Crippen molar-refractivity contribution in [1.82, 2.24) is 0 Å². The van der Waals surface area contributed by atoms with Crippen molar-refractivity contribution >= 4 is 5.78 Å². The van der Waals surface area contributed by atoms with Crippen LogP contribution < -0.4 is 5.73 Å². The van der Waals surface area contributed by atoms with Crippen LogP contribution in [0.1, 0.15) is 42.6 Å². The summed E-state index contributed by atoms with van der Waals surface area (Å²) in [6.45, 7) is 4.75. The fourth-order valence-electron chi connectivity index (χ4n) is 1.74. The Morgan fingerprint density at radius 1 is 1.31 bits per heavy atom. The fraction of sp³-hybridized carbons (Fsp3) is 0.500. The smallest absolute Gasteiger partial charge is 0.165 e.